The van der Waals surface area contributed by atoms with Gasteiger partial charge in [-0.05, 0) is 35.9 Å². The minimum atomic E-state index is -1.08. The van der Waals surface area contributed by atoms with E-state index < -0.39 is 11.5 Å². The van der Waals surface area contributed by atoms with Gasteiger partial charge in [0.05, 0.1) is 25.4 Å². The van der Waals surface area contributed by atoms with E-state index in [-0.39, 0.29) is 22.9 Å². The SMILES string of the molecule is COc1ccc(Oc2c(Cl)cnn(Cc3ccccc3C(=O)O)c2=O)cc1. The first-order valence-electron chi connectivity index (χ1n) is 7.88. The fourth-order valence-electron chi connectivity index (χ4n) is 2.45. The summed E-state index contributed by atoms with van der Waals surface area (Å²) in [5, 5.41) is 13.3. The molecule has 0 unspecified atom stereocenters. The number of carboxylic acid groups (broad SMARTS) is 1. The van der Waals surface area contributed by atoms with Gasteiger partial charge in [-0.15, -0.1) is 0 Å². The average molecular weight is 387 g/mol. The molecule has 0 saturated heterocycles. The van der Waals surface area contributed by atoms with E-state index >= 15 is 0 Å². The second-order valence-corrected chi connectivity index (χ2v) is 5.93. The van der Waals surface area contributed by atoms with Crippen LogP contribution in [0.2, 0.25) is 5.02 Å². The van der Waals surface area contributed by atoms with Crippen molar-refractivity contribution >= 4 is 17.6 Å². The second-order valence-electron chi connectivity index (χ2n) is 5.52. The summed E-state index contributed by atoms with van der Waals surface area (Å²) in [6.07, 6.45) is 1.28. The standard InChI is InChI=1S/C19H15ClN2O5/c1-26-13-6-8-14(9-7-13)27-17-16(20)10-21-22(18(17)23)11-12-4-2-3-5-15(12)19(24)25/h2-10H,11H2,1H3,(H,24,25). The van der Waals surface area contributed by atoms with E-state index in [0.717, 1.165) is 4.68 Å². The molecule has 2 aromatic carbocycles. The molecule has 1 heterocycles. The van der Waals surface area contributed by atoms with Crippen molar-refractivity contribution in [2.24, 2.45) is 0 Å². The Bertz CT molecular complexity index is 1030. The Balaban J connectivity index is 1.94. The molecule has 0 saturated carbocycles. The maximum Gasteiger partial charge on any atom is 0.336 e. The summed E-state index contributed by atoms with van der Waals surface area (Å²) in [6, 6.07) is 13.0. The first kappa shape index (κ1) is 18.5. The van der Waals surface area contributed by atoms with Gasteiger partial charge in [0.25, 0.3) is 0 Å². The van der Waals surface area contributed by atoms with Crippen molar-refractivity contribution in [3.05, 3.63) is 81.2 Å². The predicted molar refractivity (Wildman–Crippen MR) is 99.1 cm³/mol. The number of carboxylic acids is 1. The van der Waals surface area contributed by atoms with E-state index in [0.29, 0.717) is 17.1 Å². The molecule has 0 radical (unpaired) electrons. The van der Waals surface area contributed by atoms with Gasteiger partial charge in [-0.2, -0.15) is 5.10 Å². The zero-order valence-electron chi connectivity index (χ0n) is 14.3. The fraction of sp³-hybridized carbons (Fsp3) is 0.105. The molecule has 0 fully saturated rings. The highest BCUT2D eigenvalue weighted by Crippen LogP contribution is 2.26. The van der Waals surface area contributed by atoms with Gasteiger partial charge in [-0.1, -0.05) is 29.8 Å². The number of rotatable bonds is 6. The smallest absolute Gasteiger partial charge is 0.336 e. The zero-order chi connectivity index (χ0) is 19.4. The quantitative estimate of drug-likeness (QED) is 0.697. The molecule has 0 aliphatic heterocycles. The number of hydrogen-bond donors (Lipinski definition) is 1. The van der Waals surface area contributed by atoms with Crippen LogP contribution in [0.1, 0.15) is 15.9 Å². The van der Waals surface area contributed by atoms with Crippen LogP contribution in [-0.2, 0) is 6.54 Å². The van der Waals surface area contributed by atoms with Gasteiger partial charge in [0.2, 0.25) is 5.75 Å². The largest absolute Gasteiger partial charge is 0.497 e. The van der Waals surface area contributed by atoms with Crippen molar-refractivity contribution in [1.82, 2.24) is 9.78 Å². The second kappa shape index (κ2) is 7.92. The molecule has 8 heteroatoms. The number of carbonyl (C=O) groups is 1. The summed E-state index contributed by atoms with van der Waals surface area (Å²) in [7, 11) is 1.54. The van der Waals surface area contributed by atoms with E-state index in [1.165, 1.54) is 12.3 Å². The number of aromatic carboxylic acids is 1. The minimum absolute atomic E-state index is 0.0303. The first-order chi connectivity index (χ1) is 13.0. The maximum absolute atomic E-state index is 12.7. The van der Waals surface area contributed by atoms with Crippen LogP contribution in [-0.4, -0.2) is 28.0 Å². The third kappa shape index (κ3) is 4.09. The Kier molecular flexibility index (Phi) is 5.42. The van der Waals surface area contributed by atoms with Crippen molar-refractivity contribution in [2.75, 3.05) is 7.11 Å². The summed E-state index contributed by atoms with van der Waals surface area (Å²) in [4.78, 5) is 24.1. The highest BCUT2D eigenvalue weighted by atomic mass is 35.5. The molecule has 0 amide bonds. The van der Waals surface area contributed by atoms with Crippen LogP contribution in [0.25, 0.3) is 0 Å². The maximum atomic E-state index is 12.7. The Hall–Kier alpha value is -3.32. The molecule has 0 aliphatic carbocycles. The molecule has 3 rings (SSSR count). The fourth-order valence-corrected chi connectivity index (χ4v) is 2.61. The van der Waals surface area contributed by atoms with Gasteiger partial charge in [0.1, 0.15) is 16.5 Å². The minimum Gasteiger partial charge on any atom is -0.497 e. The van der Waals surface area contributed by atoms with E-state index in [4.69, 9.17) is 21.1 Å². The van der Waals surface area contributed by atoms with Gasteiger partial charge in [-0.3, -0.25) is 4.79 Å². The van der Waals surface area contributed by atoms with Crippen molar-refractivity contribution in [1.29, 1.82) is 0 Å². The van der Waals surface area contributed by atoms with Crippen LogP contribution >= 0.6 is 11.6 Å². The number of benzene rings is 2. The normalized spacial score (nSPS) is 10.4. The summed E-state index contributed by atoms with van der Waals surface area (Å²) in [6.45, 7) is -0.0303. The lowest BCUT2D eigenvalue weighted by Gasteiger charge is -2.11. The Morgan fingerprint density at radius 1 is 1.15 bits per heavy atom. The molecule has 0 atom stereocenters. The number of ether oxygens (including phenoxy) is 2. The molecule has 1 aromatic heterocycles. The molecule has 7 nitrogen and oxygen atoms in total. The van der Waals surface area contributed by atoms with Gasteiger partial charge in [0, 0.05) is 0 Å². The number of methoxy groups -OCH3 is 1. The molecule has 1 N–H and O–H groups in total. The predicted octanol–water partition coefficient (Wildman–Crippen LogP) is 3.44. The van der Waals surface area contributed by atoms with E-state index in [1.807, 2.05) is 0 Å². The van der Waals surface area contributed by atoms with Gasteiger partial charge >= 0.3 is 11.5 Å². The van der Waals surface area contributed by atoms with Crippen molar-refractivity contribution in [3.63, 3.8) is 0 Å². The number of aromatic nitrogens is 2. The number of halogens is 1. The van der Waals surface area contributed by atoms with Crippen LogP contribution in [0, 0.1) is 0 Å². The summed E-state index contributed by atoms with van der Waals surface area (Å²) in [5.41, 5.74) is -0.0328. The first-order valence-corrected chi connectivity index (χ1v) is 8.26. The Labute approximate surface area is 159 Å². The zero-order valence-corrected chi connectivity index (χ0v) is 15.0. The van der Waals surface area contributed by atoms with Crippen LogP contribution in [0.5, 0.6) is 17.2 Å². The third-order valence-corrected chi connectivity index (χ3v) is 4.07. The highest BCUT2D eigenvalue weighted by Gasteiger charge is 2.15. The lowest BCUT2D eigenvalue weighted by Crippen LogP contribution is -2.25. The summed E-state index contributed by atoms with van der Waals surface area (Å²) < 4.78 is 11.8. The molecule has 27 heavy (non-hydrogen) atoms. The Morgan fingerprint density at radius 3 is 2.48 bits per heavy atom. The Morgan fingerprint density at radius 2 is 1.81 bits per heavy atom. The van der Waals surface area contributed by atoms with Gasteiger partial charge < -0.3 is 14.6 Å². The van der Waals surface area contributed by atoms with Crippen molar-refractivity contribution < 1.29 is 19.4 Å². The van der Waals surface area contributed by atoms with Gasteiger partial charge in [0.15, 0.2) is 0 Å². The highest BCUT2D eigenvalue weighted by molar-refractivity contribution is 6.31. The van der Waals surface area contributed by atoms with Gasteiger partial charge in [-0.25, -0.2) is 9.48 Å². The molecule has 0 spiro atoms. The van der Waals surface area contributed by atoms with E-state index in [2.05, 4.69) is 5.10 Å². The van der Waals surface area contributed by atoms with Crippen molar-refractivity contribution in [3.8, 4) is 17.2 Å². The molecule has 0 bridgehead atoms. The molecule has 0 aliphatic rings. The lowest BCUT2D eigenvalue weighted by atomic mass is 10.1. The monoisotopic (exact) mass is 386 g/mol. The van der Waals surface area contributed by atoms with Crippen LogP contribution < -0.4 is 15.0 Å². The molecular formula is C19H15ClN2O5. The third-order valence-electron chi connectivity index (χ3n) is 3.80. The summed E-state index contributed by atoms with van der Waals surface area (Å²) >= 11 is 6.08. The van der Waals surface area contributed by atoms with E-state index in [9.17, 15) is 14.7 Å². The summed E-state index contributed by atoms with van der Waals surface area (Å²) in [5.74, 6) is -0.128. The van der Waals surface area contributed by atoms with Crippen LogP contribution in [0.4, 0.5) is 0 Å². The molecular weight excluding hydrogens is 372 g/mol. The van der Waals surface area contributed by atoms with E-state index in [1.54, 1.807) is 49.6 Å². The number of hydrogen-bond acceptors (Lipinski definition) is 5. The van der Waals surface area contributed by atoms with Crippen LogP contribution in [0.3, 0.4) is 0 Å². The molecule has 3 aromatic rings. The topological polar surface area (TPSA) is 90.7 Å². The number of nitrogens with zero attached hydrogens (tertiary/aromatic N) is 2. The average Bonchev–Trinajstić information content (AvgIpc) is 2.68. The van der Waals surface area contributed by atoms with Crippen LogP contribution in [0.15, 0.2) is 59.5 Å². The van der Waals surface area contributed by atoms with Crippen molar-refractivity contribution in [2.45, 2.75) is 6.54 Å². The lowest BCUT2D eigenvalue weighted by molar-refractivity contribution is 0.0695. The molecule has 138 valence electrons.